The number of anilines is 2. The van der Waals surface area contributed by atoms with Gasteiger partial charge in [0.15, 0.2) is 0 Å². The van der Waals surface area contributed by atoms with E-state index >= 15 is 0 Å². The number of hydrogen-bond donors (Lipinski definition) is 4. The summed E-state index contributed by atoms with van der Waals surface area (Å²) in [6.45, 7) is 5.85. The predicted molar refractivity (Wildman–Crippen MR) is 154 cm³/mol. The number of amides is 1. The van der Waals surface area contributed by atoms with E-state index in [0.717, 1.165) is 92.9 Å². The van der Waals surface area contributed by atoms with E-state index in [1.165, 1.54) is 6.08 Å². The average Bonchev–Trinajstić information content (AvgIpc) is 3.35. The molecule has 40 heavy (non-hydrogen) atoms. The van der Waals surface area contributed by atoms with Gasteiger partial charge in [0.2, 0.25) is 0 Å². The molecule has 3 heterocycles. The Morgan fingerprint density at radius 3 is 2.77 bits per heavy atom. The molecular formula is C31H39F2N5O2. The number of carbonyl (C=O) groups is 1. The molecule has 0 aromatic heterocycles. The number of ether oxygens (including phenoxy) is 1. The van der Waals surface area contributed by atoms with Gasteiger partial charge in [-0.15, -0.1) is 0 Å². The minimum atomic E-state index is -1.26. The lowest BCUT2D eigenvalue weighted by atomic mass is 9.84. The molecule has 7 nitrogen and oxygen atoms in total. The summed E-state index contributed by atoms with van der Waals surface area (Å²) < 4.78 is 33.2. The Labute approximate surface area is 234 Å². The Morgan fingerprint density at radius 2 is 1.98 bits per heavy atom. The molecule has 5 aliphatic rings. The highest BCUT2D eigenvalue weighted by Gasteiger charge is 2.31. The first-order valence-corrected chi connectivity index (χ1v) is 14.6. The van der Waals surface area contributed by atoms with Gasteiger partial charge in [-0.2, -0.15) is 0 Å². The molecule has 1 amide bonds. The molecule has 9 heteroatoms. The van der Waals surface area contributed by atoms with Gasteiger partial charge in [-0.3, -0.25) is 4.79 Å². The third-order valence-corrected chi connectivity index (χ3v) is 8.56. The SMILES string of the molecule is O=C(NC1CNC2=C1CC(CC1=CC(F)=CC(F)C1)C=C2)c1ccc(N2CCNCC2)cc1NC1CCOCC1. The third kappa shape index (κ3) is 6.25. The number of nitrogens with zero attached hydrogens (tertiary/aromatic N) is 1. The quantitative estimate of drug-likeness (QED) is 0.408. The molecule has 4 N–H and O–H groups in total. The van der Waals surface area contributed by atoms with Crippen molar-refractivity contribution < 1.29 is 18.3 Å². The van der Waals surface area contributed by atoms with Crippen LogP contribution in [0.5, 0.6) is 0 Å². The van der Waals surface area contributed by atoms with Crippen LogP contribution in [0.3, 0.4) is 0 Å². The van der Waals surface area contributed by atoms with Gasteiger partial charge in [0.1, 0.15) is 12.0 Å². The molecule has 1 aromatic carbocycles. The molecule has 0 saturated carbocycles. The summed E-state index contributed by atoms with van der Waals surface area (Å²) in [7, 11) is 0. The second-order valence-corrected chi connectivity index (χ2v) is 11.4. The predicted octanol–water partition coefficient (Wildman–Crippen LogP) is 4.13. The summed E-state index contributed by atoms with van der Waals surface area (Å²) >= 11 is 0. The lowest BCUT2D eigenvalue weighted by Gasteiger charge is -2.31. The van der Waals surface area contributed by atoms with E-state index in [1.807, 2.05) is 6.07 Å². The van der Waals surface area contributed by atoms with E-state index in [9.17, 15) is 13.6 Å². The van der Waals surface area contributed by atoms with Crippen LogP contribution in [0.15, 0.2) is 65.2 Å². The van der Waals surface area contributed by atoms with E-state index in [4.69, 9.17) is 4.74 Å². The fraction of sp³-hybridized carbons (Fsp3) is 0.516. The zero-order chi connectivity index (χ0) is 27.5. The summed E-state index contributed by atoms with van der Waals surface area (Å²) in [4.78, 5) is 16.1. The Hall–Kier alpha value is -3.17. The molecule has 2 saturated heterocycles. The molecule has 0 spiro atoms. The van der Waals surface area contributed by atoms with Crippen molar-refractivity contribution >= 4 is 17.3 Å². The Bertz CT molecular complexity index is 1230. The van der Waals surface area contributed by atoms with Crippen LogP contribution in [-0.2, 0) is 4.74 Å². The van der Waals surface area contributed by atoms with Gasteiger partial charge in [-0.05, 0) is 73.6 Å². The number of alkyl halides is 1. The van der Waals surface area contributed by atoms with Crippen molar-refractivity contribution in [1.29, 1.82) is 0 Å². The maximum Gasteiger partial charge on any atom is 0.253 e. The molecule has 3 unspecified atom stereocenters. The van der Waals surface area contributed by atoms with Crippen LogP contribution in [0, 0.1) is 5.92 Å². The van der Waals surface area contributed by atoms with E-state index < -0.39 is 12.0 Å². The summed E-state index contributed by atoms with van der Waals surface area (Å²) in [5.74, 6) is -0.448. The first-order valence-electron chi connectivity index (χ1n) is 14.6. The van der Waals surface area contributed by atoms with Crippen molar-refractivity contribution in [3.05, 3.63) is 70.7 Å². The van der Waals surface area contributed by atoms with Crippen molar-refractivity contribution in [1.82, 2.24) is 16.0 Å². The van der Waals surface area contributed by atoms with Crippen LogP contribution in [0.2, 0.25) is 0 Å². The van der Waals surface area contributed by atoms with Gasteiger partial charge in [0.05, 0.1) is 11.6 Å². The average molecular weight is 552 g/mol. The topological polar surface area (TPSA) is 77.7 Å². The van der Waals surface area contributed by atoms with Crippen LogP contribution in [-0.4, -0.2) is 70.1 Å². The van der Waals surface area contributed by atoms with Crippen molar-refractivity contribution in [2.45, 2.75) is 50.4 Å². The number of nitrogens with one attached hydrogen (secondary N) is 4. The fourth-order valence-electron chi connectivity index (χ4n) is 6.45. The van der Waals surface area contributed by atoms with Gasteiger partial charge in [0.25, 0.3) is 5.91 Å². The van der Waals surface area contributed by atoms with Crippen LogP contribution < -0.4 is 26.2 Å². The smallest absolute Gasteiger partial charge is 0.253 e. The molecule has 2 aliphatic carbocycles. The zero-order valence-corrected chi connectivity index (χ0v) is 22.9. The maximum absolute atomic E-state index is 13.9. The molecule has 0 radical (unpaired) electrons. The monoisotopic (exact) mass is 551 g/mol. The number of rotatable bonds is 7. The van der Waals surface area contributed by atoms with Gasteiger partial charge < -0.3 is 30.9 Å². The van der Waals surface area contributed by atoms with Gasteiger partial charge >= 0.3 is 0 Å². The highest BCUT2D eigenvalue weighted by atomic mass is 19.1. The highest BCUT2D eigenvalue weighted by molar-refractivity contribution is 6.00. The molecule has 1 aromatic rings. The fourth-order valence-corrected chi connectivity index (χ4v) is 6.45. The van der Waals surface area contributed by atoms with E-state index in [-0.39, 0.29) is 30.3 Å². The van der Waals surface area contributed by atoms with E-state index in [1.54, 1.807) is 0 Å². The Morgan fingerprint density at radius 1 is 1.15 bits per heavy atom. The summed E-state index contributed by atoms with van der Waals surface area (Å²) in [6, 6.07) is 6.25. The molecule has 3 aliphatic heterocycles. The molecule has 214 valence electrons. The number of piperazine rings is 1. The first kappa shape index (κ1) is 27.0. The summed E-state index contributed by atoms with van der Waals surface area (Å²) in [5, 5.41) is 13.8. The molecule has 0 bridgehead atoms. The lowest BCUT2D eigenvalue weighted by molar-refractivity contribution is 0.0903. The molecule has 2 fully saturated rings. The number of halogens is 2. The highest BCUT2D eigenvalue weighted by Crippen LogP contribution is 2.35. The Balaban J connectivity index is 1.16. The van der Waals surface area contributed by atoms with Crippen molar-refractivity contribution in [3.63, 3.8) is 0 Å². The van der Waals surface area contributed by atoms with Crippen LogP contribution in [0.4, 0.5) is 20.2 Å². The Kier molecular flexibility index (Phi) is 8.20. The van der Waals surface area contributed by atoms with Crippen LogP contribution in [0.25, 0.3) is 0 Å². The molecular weight excluding hydrogens is 512 g/mol. The van der Waals surface area contributed by atoms with Crippen molar-refractivity contribution in [3.8, 4) is 0 Å². The number of allylic oxidation sites excluding steroid dienone is 6. The number of carbonyl (C=O) groups excluding carboxylic acids is 1. The van der Waals surface area contributed by atoms with E-state index in [0.29, 0.717) is 18.5 Å². The maximum atomic E-state index is 13.9. The van der Waals surface area contributed by atoms with Crippen LogP contribution >= 0.6 is 0 Å². The standard InChI is InChI=1S/C31H39F2N5O2/c32-22-14-21(15-23(33)17-22)13-20-1-4-28-27(16-20)30(19-35-28)37-31(39)26-3-2-25(38-9-7-34-8-10-38)18-29(26)36-24-5-11-40-12-6-24/h1-4,14,17-18,20,23-24,30,34-36H,5-13,15-16,19H2,(H,37,39). The third-order valence-electron chi connectivity index (χ3n) is 8.56. The van der Waals surface area contributed by atoms with Gasteiger partial charge in [-0.1, -0.05) is 11.6 Å². The molecule has 6 rings (SSSR count). The summed E-state index contributed by atoms with van der Waals surface area (Å²) in [6.07, 6.45) is 8.85. The first-order chi connectivity index (χ1) is 19.5. The van der Waals surface area contributed by atoms with Gasteiger partial charge in [0, 0.05) is 75.5 Å². The number of hydrogen-bond acceptors (Lipinski definition) is 6. The zero-order valence-electron chi connectivity index (χ0n) is 22.9. The van der Waals surface area contributed by atoms with Crippen molar-refractivity contribution in [2.24, 2.45) is 5.92 Å². The molecule has 3 atom stereocenters. The lowest BCUT2D eigenvalue weighted by Crippen LogP contribution is -2.43. The normalized spacial score (nSPS) is 27.1. The number of benzene rings is 1. The van der Waals surface area contributed by atoms with Gasteiger partial charge in [-0.25, -0.2) is 8.78 Å². The second kappa shape index (κ2) is 12.1. The minimum Gasteiger partial charge on any atom is -0.383 e. The van der Waals surface area contributed by atoms with Crippen LogP contribution in [0.1, 0.15) is 42.5 Å². The van der Waals surface area contributed by atoms with E-state index in [2.05, 4.69) is 50.5 Å². The minimum absolute atomic E-state index is 0.101. The second-order valence-electron chi connectivity index (χ2n) is 11.4. The van der Waals surface area contributed by atoms with Crippen molar-refractivity contribution in [2.75, 3.05) is 56.2 Å². The summed E-state index contributed by atoms with van der Waals surface area (Å²) in [5.41, 5.74) is 5.63. The largest absolute Gasteiger partial charge is 0.383 e.